The van der Waals surface area contributed by atoms with Gasteiger partial charge in [0.15, 0.2) is 0 Å². The largest absolute Gasteiger partial charge is 0.315 e. The Morgan fingerprint density at radius 1 is 1.38 bits per heavy atom. The van der Waals surface area contributed by atoms with E-state index >= 15 is 0 Å². The molecular weight excluding hydrogens is 160 g/mol. The molecule has 0 bridgehead atoms. The summed E-state index contributed by atoms with van der Waals surface area (Å²) in [5.74, 6) is 0. The van der Waals surface area contributed by atoms with E-state index in [4.69, 9.17) is 0 Å². The second kappa shape index (κ2) is 4.97. The monoisotopic (exact) mass is 184 g/mol. The fourth-order valence-corrected chi connectivity index (χ4v) is 1.67. The minimum absolute atomic E-state index is 0.468. The molecule has 78 valence electrons. The van der Waals surface area contributed by atoms with Crippen LogP contribution in [0.1, 0.15) is 40.0 Å². The Morgan fingerprint density at radius 3 is 2.69 bits per heavy atom. The summed E-state index contributed by atoms with van der Waals surface area (Å²) >= 11 is 0. The zero-order valence-electron chi connectivity index (χ0n) is 9.32. The van der Waals surface area contributed by atoms with Crippen LogP contribution >= 0.6 is 0 Å². The predicted octanol–water partition coefficient (Wildman–Crippen LogP) is 1.76. The molecule has 1 saturated heterocycles. The van der Waals surface area contributed by atoms with Crippen LogP contribution in [-0.4, -0.2) is 25.7 Å². The zero-order chi connectivity index (χ0) is 9.73. The predicted molar refractivity (Wildman–Crippen MR) is 58.0 cm³/mol. The molecule has 13 heavy (non-hydrogen) atoms. The Labute approximate surface area is 82.5 Å². The smallest absolute Gasteiger partial charge is 0.0192 e. The maximum atomic E-state index is 3.52. The fraction of sp³-hybridized carbons (Fsp3) is 1.00. The van der Waals surface area contributed by atoms with Crippen molar-refractivity contribution >= 4 is 0 Å². The molecular formula is C11H24N2. The zero-order valence-corrected chi connectivity index (χ0v) is 9.32. The minimum Gasteiger partial charge on any atom is -0.315 e. The Bertz CT molecular complexity index is 132. The summed E-state index contributed by atoms with van der Waals surface area (Å²) in [5.41, 5.74) is 0.468. The second-order valence-electron chi connectivity index (χ2n) is 5.31. The van der Waals surface area contributed by atoms with Gasteiger partial charge in [0.25, 0.3) is 0 Å². The molecule has 1 rings (SSSR count). The van der Waals surface area contributed by atoms with Gasteiger partial charge in [-0.1, -0.05) is 20.8 Å². The number of hydrogen-bond acceptors (Lipinski definition) is 2. The van der Waals surface area contributed by atoms with E-state index < -0.39 is 0 Å². The van der Waals surface area contributed by atoms with Gasteiger partial charge in [-0.05, 0) is 37.8 Å². The molecule has 2 heteroatoms. The van der Waals surface area contributed by atoms with Crippen LogP contribution in [0.25, 0.3) is 0 Å². The first-order valence-corrected chi connectivity index (χ1v) is 5.52. The SMILES string of the molecule is CC(C)(C)CCNC[C@@H]1CCCN1. The van der Waals surface area contributed by atoms with E-state index in [0.29, 0.717) is 5.41 Å². The van der Waals surface area contributed by atoms with Crippen LogP contribution in [0.3, 0.4) is 0 Å². The summed E-state index contributed by atoms with van der Waals surface area (Å²) in [4.78, 5) is 0. The average molecular weight is 184 g/mol. The summed E-state index contributed by atoms with van der Waals surface area (Å²) < 4.78 is 0. The summed E-state index contributed by atoms with van der Waals surface area (Å²) in [6.45, 7) is 10.4. The molecule has 2 N–H and O–H groups in total. The average Bonchev–Trinajstić information content (AvgIpc) is 2.48. The second-order valence-corrected chi connectivity index (χ2v) is 5.31. The van der Waals surface area contributed by atoms with E-state index in [1.54, 1.807) is 0 Å². The van der Waals surface area contributed by atoms with Crippen molar-refractivity contribution in [2.75, 3.05) is 19.6 Å². The van der Waals surface area contributed by atoms with Gasteiger partial charge in [0.05, 0.1) is 0 Å². The maximum absolute atomic E-state index is 3.52. The van der Waals surface area contributed by atoms with Gasteiger partial charge in [-0.3, -0.25) is 0 Å². The van der Waals surface area contributed by atoms with Gasteiger partial charge < -0.3 is 10.6 Å². The van der Waals surface area contributed by atoms with E-state index in [-0.39, 0.29) is 0 Å². The standard InChI is InChI=1S/C11H24N2/c1-11(2,3)6-8-12-9-10-5-4-7-13-10/h10,12-13H,4-9H2,1-3H3/t10-/m0/s1. The third kappa shape index (κ3) is 5.27. The maximum Gasteiger partial charge on any atom is 0.0192 e. The van der Waals surface area contributed by atoms with Crippen LogP contribution < -0.4 is 10.6 Å². The molecule has 1 fully saturated rings. The van der Waals surface area contributed by atoms with E-state index in [1.165, 1.54) is 25.8 Å². The van der Waals surface area contributed by atoms with E-state index in [2.05, 4.69) is 31.4 Å². The van der Waals surface area contributed by atoms with E-state index in [1.807, 2.05) is 0 Å². The lowest BCUT2D eigenvalue weighted by Gasteiger charge is -2.19. The van der Waals surface area contributed by atoms with Gasteiger partial charge in [0.2, 0.25) is 0 Å². The van der Waals surface area contributed by atoms with E-state index in [9.17, 15) is 0 Å². The molecule has 0 spiro atoms. The highest BCUT2D eigenvalue weighted by molar-refractivity contribution is 4.76. The third-order valence-electron chi connectivity index (χ3n) is 2.60. The first kappa shape index (κ1) is 11.0. The highest BCUT2D eigenvalue weighted by Gasteiger charge is 2.13. The molecule has 0 amide bonds. The van der Waals surface area contributed by atoms with Crippen LogP contribution in [0.15, 0.2) is 0 Å². The van der Waals surface area contributed by atoms with E-state index in [0.717, 1.165) is 19.1 Å². The van der Waals surface area contributed by atoms with Crippen LogP contribution in [0.2, 0.25) is 0 Å². The fourth-order valence-electron chi connectivity index (χ4n) is 1.67. The lowest BCUT2D eigenvalue weighted by atomic mass is 9.92. The van der Waals surface area contributed by atoms with Gasteiger partial charge in [-0.25, -0.2) is 0 Å². The quantitative estimate of drug-likeness (QED) is 0.651. The van der Waals surface area contributed by atoms with Gasteiger partial charge in [-0.15, -0.1) is 0 Å². The van der Waals surface area contributed by atoms with Crippen molar-refractivity contribution in [1.82, 2.24) is 10.6 Å². The van der Waals surface area contributed by atoms with Crippen LogP contribution in [0, 0.1) is 5.41 Å². The van der Waals surface area contributed by atoms with Gasteiger partial charge in [-0.2, -0.15) is 0 Å². The molecule has 0 aromatic carbocycles. The molecule has 0 unspecified atom stereocenters. The van der Waals surface area contributed by atoms with Crippen molar-refractivity contribution in [2.45, 2.75) is 46.1 Å². The van der Waals surface area contributed by atoms with Gasteiger partial charge >= 0.3 is 0 Å². The van der Waals surface area contributed by atoms with Gasteiger partial charge in [0, 0.05) is 12.6 Å². The molecule has 0 radical (unpaired) electrons. The Morgan fingerprint density at radius 2 is 2.15 bits per heavy atom. The van der Waals surface area contributed by atoms with Crippen molar-refractivity contribution in [2.24, 2.45) is 5.41 Å². The molecule has 0 aromatic heterocycles. The highest BCUT2D eigenvalue weighted by atomic mass is 15.0. The topological polar surface area (TPSA) is 24.1 Å². The Kier molecular flexibility index (Phi) is 4.20. The first-order chi connectivity index (χ1) is 6.08. The van der Waals surface area contributed by atoms with Crippen LogP contribution in [0.5, 0.6) is 0 Å². The number of nitrogens with one attached hydrogen (secondary N) is 2. The number of hydrogen-bond donors (Lipinski definition) is 2. The lowest BCUT2D eigenvalue weighted by Crippen LogP contribution is -2.35. The summed E-state index contributed by atoms with van der Waals surface area (Å²) in [6.07, 6.45) is 3.97. The summed E-state index contributed by atoms with van der Waals surface area (Å²) in [6, 6.07) is 0.736. The molecule has 0 saturated carbocycles. The first-order valence-electron chi connectivity index (χ1n) is 5.52. The molecule has 0 aromatic rings. The Hall–Kier alpha value is -0.0800. The third-order valence-corrected chi connectivity index (χ3v) is 2.60. The van der Waals surface area contributed by atoms with Crippen molar-refractivity contribution < 1.29 is 0 Å². The molecule has 1 heterocycles. The normalized spacial score (nSPS) is 23.8. The van der Waals surface area contributed by atoms with Gasteiger partial charge in [0.1, 0.15) is 0 Å². The summed E-state index contributed by atoms with van der Waals surface area (Å²) in [5, 5.41) is 7.01. The molecule has 2 nitrogen and oxygen atoms in total. The van der Waals surface area contributed by atoms with Crippen molar-refractivity contribution in [3.63, 3.8) is 0 Å². The molecule has 1 aliphatic rings. The minimum atomic E-state index is 0.468. The molecule has 1 atom stereocenters. The van der Waals surface area contributed by atoms with Crippen LogP contribution in [0.4, 0.5) is 0 Å². The molecule has 1 aliphatic heterocycles. The molecule has 0 aliphatic carbocycles. The Balaban J connectivity index is 1.94. The van der Waals surface area contributed by atoms with Crippen molar-refractivity contribution in [3.05, 3.63) is 0 Å². The summed E-state index contributed by atoms with van der Waals surface area (Å²) in [7, 11) is 0. The van der Waals surface area contributed by atoms with Crippen molar-refractivity contribution in [3.8, 4) is 0 Å². The van der Waals surface area contributed by atoms with Crippen LogP contribution in [-0.2, 0) is 0 Å². The highest BCUT2D eigenvalue weighted by Crippen LogP contribution is 2.16. The lowest BCUT2D eigenvalue weighted by molar-refractivity contribution is 0.362. The number of rotatable bonds is 4. The van der Waals surface area contributed by atoms with Crippen molar-refractivity contribution in [1.29, 1.82) is 0 Å².